The Morgan fingerprint density at radius 3 is 2.57 bits per heavy atom. The molecule has 152 valence electrons. The highest BCUT2D eigenvalue weighted by molar-refractivity contribution is 6.02. The van der Waals surface area contributed by atoms with Crippen molar-refractivity contribution < 1.29 is 14.3 Å². The lowest BCUT2D eigenvalue weighted by Gasteiger charge is -2.10. The maximum atomic E-state index is 12.0. The van der Waals surface area contributed by atoms with Gasteiger partial charge in [-0.3, -0.25) is 9.59 Å². The normalized spacial score (nSPS) is 11.1. The molecule has 0 atom stereocenters. The van der Waals surface area contributed by atoms with Crippen LogP contribution in [0.25, 0.3) is 16.8 Å². The standard InChI is InChI=1S/C24H23N3O3/c1-2-30-22-14-13-19-10-6-7-11-20(19)21(22)16-26-27-24(29)17-25-23(28)15-12-18-8-4-3-5-9-18/h3-16H,2,17H2,1H3,(H,25,28)(H,27,29)/b15-12+,26-16-. The number of hydrazone groups is 1. The van der Waals surface area contributed by atoms with E-state index < -0.39 is 5.91 Å². The van der Waals surface area contributed by atoms with E-state index in [0.717, 1.165) is 21.9 Å². The number of hydrogen-bond acceptors (Lipinski definition) is 4. The number of carbonyl (C=O) groups excluding carboxylic acids is 2. The van der Waals surface area contributed by atoms with Crippen molar-refractivity contribution >= 4 is 34.9 Å². The van der Waals surface area contributed by atoms with Crippen molar-refractivity contribution in [1.82, 2.24) is 10.7 Å². The molecule has 0 saturated carbocycles. The molecule has 0 heterocycles. The molecule has 6 heteroatoms. The third kappa shape index (κ3) is 5.78. The van der Waals surface area contributed by atoms with Gasteiger partial charge in [-0.1, -0.05) is 60.7 Å². The Bertz CT molecular complexity index is 1080. The van der Waals surface area contributed by atoms with Crippen molar-refractivity contribution in [2.75, 3.05) is 13.2 Å². The minimum Gasteiger partial charge on any atom is -0.493 e. The lowest BCUT2D eigenvalue weighted by Crippen LogP contribution is -2.34. The fourth-order valence-electron chi connectivity index (χ4n) is 2.86. The zero-order chi connectivity index (χ0) is 21.2. The Labute approximate surface area is 175 Å². The summed E-state index contributed by atoms with van der Waals surface area (Å²) in [6.07, 6.45) is 4.62. The SMILES string of the molecule is CCOc1ccc2ccccc2c1/C=N\NC(=O)CNC(=O)/C=C/c1ccccc1. The van der Waals surface area contributed by atoms with E-state index in [4.69, 9.17) is 4.74 Å². The maximum Gasteiger partial charge on any atom is 0.259 e. The quantitative estimate of drug-likeness (QED) is 0.344. The van der Waals surface area contributed by atoms with Crippen molar-refractivity contribution in [3.8, 4) is 5.75 Å². The number of rotatable bonds is 8. The van der Waals surface area contributed by atoms with Crippen LogP contribution in [0.1, 0.15) is 18.1 Å². The first kappa shape index (κ1) is 20.8. The molecule has 0 aromatic heterocycles. The van der Waals surface area contributed by atoms with Gasteiger partial charge < -0.3 is 10.1 Å². The Morgan fingerprint density at radius 1 is 1.00 bits per heavy atom. The van der Waals surface area contributed by atoms with E-state index in [1.165, 1.54) is 6.08 Å². The van der Waals surface area contributed by atoms with Gasteiger partial charge in [0.15, 0.2) is 0 Å². The average Bonchev–Trinajstić information content (AvgIpc) is 2.78. The first-order valence-corrected chi connectivity index (χ1v) is 9.65. The van der Waals surface area contributed by atoms with Crippen LogP contribution in [0.5, 0.6) is 5.75 Å². The van der Waals surface area contributed by atoms with Crippen LogP contribution < -0.4 is 15.5 Å². The summed E-state index contributed by atoms with van der Waals surface area (Å²) in [5.74, 6) is -0.0925. The van der Waals surface area contributed by atoms with Crippen LogP contribution >= 0.6 is 0 Å². The van der Waals surface area contributed by atoms with E-state index >= 15 is 0 Å². The van der Waals surface area contributed by atoms with Gasteiger partial charge in [0.25, 0.3) is 5.91 Å². The number of fused-ring (bicyclic) bond motifs is 1. The highest BCUT2D eigenvalue weighted by atomic mass is 16.5. The molecular formula is C24H23N3O3. The molecule has 0 saturated heterocycles. The highest BCUT2D eigenvalue weighted by Gasteiger charge is 2.07. The largest absolute Gasteiger partial charge is 0.493 e. The summed E-state index contributed by atoms with van der Waals surface area (Å²) in [6, 6.07) is 21.2. The summed E-state index contributed by atoms with van der Waals surface area (Å²) in [5.41, 5.74) is 4.12. The van der Waals surface area contributed by atoms with E-state index in [2.05, 4.69) is 15.8 Å². The molecule has 2 amide bonds. The molecule has 0 spiro atoms. The maximum absolute atomic E-state index is 12.0. The zero-order valence-electron chi connectivity index (χ0n) is 16.7. The summed E-state index contributed by atoms with van der Waals surface area (Å²) in [7, 11) is 0. The Hall–Kier alpha value is -3.93. The second kappa shape index (κ2) is 10.6. The van der Waals surface area contributed by atoms with Gasteiger partial charge in [-0.2, -0.15) is 5.10 Å². The molecule has 0 radical (unpaired) electrons. The van der Waals surface area contributed by atoms with Gasteiger partial charge in [-0.15, -0.1) is 0 Å². The minimum atomic E-state index is -0.425. The fraction of sp³-hybridized carbons (Fsp3) is 0.125. The number of benzene rings is 3. The molecule has 0 aliphatic rings. The number of ether oxygens (including phenoxy) is 1. The van der Waals surface area contributed by atoms with Gasteiger partial charge in [0.2, 0.25) is 5.91 Å². The summed E-state index contributed by atoms with van der Waals surface area (Å²) in [4.78, 5) is 23.8. The van der Waals surface area contributed by atoms with Crippen molar-refractivity contribution in [2.24, 2.45) is 5.10 Å². The van der Waals surface area contributed by atoms with E-state index in [0.29, 0.717) is 12.4 Å². The molecule has 0 aliphatic heterocycles. The number of carbonyl (C=O) groups is 2. The number of nitrogens with zero attached hydrogens (tertiary/aromatic N) is 1. The van der Waals surface area contributed by atoms with Crippen LogP contribution in [-0.4, -0.2) is 31.2 Å². The number of hydrogen-bond donors (Lipinski definition) is 2. The van der Waals surface area contributed by atoms with E-state index in [9.17, 15) is 9.59 Å². The molecular weight excluding hydrogens is 378 g/mol. The van der Waals surface area contributed by atoms with Crippen molar-refractivity contribution in [1.29, 1.82) is 0 Å². The Morgan fingerprint density at radius 2 is 1.77 bits per heavy atom. The summed E-state index contributed by atoms with van der Waals surface area (Å²) in [6.45, 7) is 2.25. The van der Waals surface area contributed by atoms with Gasteiger partial charge in [0.1, 0.15) is 5.75 Å². The summed E-state index contributed by atoms with van der Waals surface area (Å²) in [5, 5.41) is 8.58. The molecule has 6 nitrogen and oxygen atoms in total. The molecule has 3 rings (SSSR count). The lowest BCUT2D eigenvalue weighted by molar-refractivity contribution is -0.123. The van der Waals surface area contributed by atoms with Gasteiger partial charge in [-0.05, 0) is 35.4 Å². The third-order valence-electron chi connectivity index (χ3n) is 4.26. The van der Waals surface area contributed by atoms with Gasteiger partial charge in [0.05, 0.1) is 19.4 Å². The van der Waals surface area contributed by atoms with E-state index in [1.807, 2.05) is 73.7 Å². The molecule has 0 unspecified atom stereocenters. The molecule has 3 aromatic rings. The van der Waals surface area contributed by atoms with Crippen LogP contribution in [0, 0.1) is 0 Å². The predicted molar refractivity (Wildman–Crippen MR) is 119 cm³/mol. The molecule has 3 aromatic carbocycles. The van der Waals surface area contributed by atoms with Crippen LogP contribution in [0.2, 0.25) is 0 Å². The van der Waals surface area contributed by atoms with Gasteiger partial charge >= 0.3 is 0 Å². The topological polar surface area (TPSA) is 79.8 Å². The second-order valence-electron chi connectivity index (χ2n) is 6.39. The second-order valence-corrected chi connectivity index (χ2v) is 6.39. The molecule has 30 heavy (non-hydrogen) atoms. The highest BCUT2D eigenvalue weighted by Crippen LogP contribution is 2.26. The van der Waals surface area contributed by atoms with Crippen LogP contribution in [0.4, 0.5) is 0 Å². The lowest BCUT2D eigenvalue weighted by atomic mass is 10.0. The molecule has 0 aliphatic carbocycles. The fourth-order valence-corrected chi connectivity index (χ4v) is 2.86. The molecule has 0 bridgehead atoms. The van der Waals surface area contributed by atoms with Crippen molar-refractivity contribution in [3.05, 3.63) is 83.9 Å². The van der Waals surface area contributed by atoms with Gasteiger partial charge in [0, 0.05) is 11.6 Å². The average molecular weight is 401 g/mol. The van der Waals surface area contributed by atoms with Crippen LogP contribution in [0.15, 0.2) is 77.9 Å². The predicted octanol–water partition coefficient (Wildman–Crippen LogP) is 3.52. The zero-order valence-corrected chi connectivity index (χ0v) is 16.7. The Balaban J connectivity index is 1.57. The van der Waals surface area contributed by atoms with E-state index in [-0.39, 0.29) is 12.5 Å². The van der Waals surface area contributed by atoms with Crippen LogP contribution in [0.3, 0.4) is 0 Å². The number of amides is 2. The summed E-state index contributed by atoms with van der Waals surface area (Å²) >= 11 is 0. The summed E-state index contributed by atoms with van der Waals surface area (Å²) < 4.78 is 5.68. The first-order valence-electron chi connectivity index (χ1n) is 9.65. The van der Waals surface area contributed by atoms with Crippen molar-refractivity contribution in [3.63, 3.8) is 0 Å². The minimum absolute atomic E-state index is 0.177. The van der Waals surface area contributed by atoms with Gasteiger partial charge in [-0.25, -0.2) is 5.43 Å². The Kier molecular flexibility index (Phi) is 7.33. The first-order chi connectivity index (χ1) is 14.7. The van der Waals surface area contributed by atoms with E-state index in [1.54, 1.807) is 12.3 Å². The monoisotopic (exact) mass is 401 g/mol. The van der Waals surface area contributed by atoms with Crippen LogP contribution in [-0.2, 0) is 9.59 Å². The molecule has 2 N–H and O–H groups in total. The number of nitrogens with one attached hydrogen (secondary N) is 2. The third-order valence-corrected chi connectivity index (χ3v) is 4.26. The van der Waals surface area contributed by atoms with Crippen molar-refractivity contribution in [2.45, 2.75) is 6.92 Å². The molecule has 0 fully saturated rings. The smallest absolute Gasteiger partial charge is 0.259 e.